The minimum Gasteiger partial charge on any atom is -0.289 e. The van der Waals surface area contributed by atoms with Crippen molar-refractivity contribution in [3.8, 4) is 11.1 Å². The molecule has 2 aromatic carbocycles. The number of nitrogens with zero attached hydrogens (tertiary/aromatic N) is 1. The van der Waals surface area contributed by atoms with Gasteiger partial charge in [-0.15, -0.1) is 0 Å². The van der Waals surface area contributed by atoms with Crippen molar-refractivity contribution < 1.29 is 0 Å². The molecule has 1 aromatic heterocycles. The lowest BCUT2D eigenvalue weighted by molar-refractivity contribution is 0.867. The van der Waals surface area contributed by atoms with Gasteiger partial charge in [-0.3, -0.25) is 4.99 Å². The van der Waals surface area contributed by atoms with E-state index in [-0.39, 0.29) is 0 Å². The van der Waals surface area contributed by atoms with Crippen LogP contribution in [0.1, 0.15) is 43.7 Å². The molecule has 2 heterocycles. The van der Waals surface area contributed by atoms with Gasteiger partial charge in [0.25, 0.3) is 0 Å². The second-order valence-electron chi connectivity index (χ2n) is 6.92. The van der Waals surface area contributed by atoms with Crippen LogP contribution < -0.4 is 0 Å². The first-order valence-electron chi connectivity index (χ1n) is 9.43. The molecule has 138 valence electrons. The molecule has 0 saturated heterocycles. The van der Waals surface area contributed by atoms with Gasteiger partial charge in [-0.05, 0) is 65.2 Å². The van der Waals surface area contributed by atoms with Gasteiger partial charge in [-0.2, -0.15) is 0 Å². The van der Waals surface area contributed by atoms with Crippen molar-refractivity contribution in [2.75, 3.05) is 6.54 Å². The molecule has 0 atom stereocenters. The van der Waals surface area contributed by atoms with Crippen LogP contribution in [0.25, 0.3) is 11.1 Å². The van der Waals surface area contributed by atoms with Crippen molar-refractivity contribution in [2.45, 2.75) is 32.6 Å². The summed E-state index contributed by atoms with van der Waals surface area (Å²) in [5, 5.41) is 0.818. The number of hydrogen-bond donors (Lipinski definition) is 0. The fourth-order valence-electron chi connectivity index (χ4n) is 3.06. The molecule has 1 aliphatic heterocycles. The van der Waals surface area contributed by atoms with Gasteiger partial charge in [-0.1, -0.05) is 76.1 Å². The fraction of sp³-hybridized carbons (Fsp3) is 0.250. The van der Waals surface area contributed by atoms with E-state index in [0.717, 1.165) is 23.6 Å². The van der Waals surface area contributed by atoms with Crippen molar-refractivity contribution >= 4 is 25.5 Å². The third-order valence-electron chi connectivity index (χ3n) is 4.65. The van der Waals surface area contributed by atoms with Crippen LogP contribution in [-0.4, -0.2) is 12.3 Å². The summed E-state index contributed by atoms with van der Waals surface area (Å²) in [4.78, 5) is 4.40. The maximum atomic E-state index is 6.02. The van der Waals surface area contributed by atoms with Crippen LogP contribution in [0.4, 0.5) is 0 Å². The largest absolute Gasteiger partial charge is 0.289 e. The first kappa shape index (κ1) is 19.8. The SMILES string of the molecule is CC(C)c1ccc(-c2ccpcc2)cc1.Clc1ccccc1C1=NCCC1. The average Bonchev–Trinajstić information content (AvgIpc) is 3.24. The van der Waals surface area contributed by atoms with E-state index >= 15 is 0 Å². The van der Waals surface area contributed by atoms with Crippen molar-refractivity contribution in [3.05, 3.63) is 88.4 Å². The summed E-state index contributed by atoms with van der Waals surface area (Å²) in [6, 6.07) is 21.1. The summed E-state index contributed by atoms with van der Waals surface area (Å²) in [6.45, 7) is 5.41. The van der Waals surface area contributed by atoms with Gasteiger partial charge < -0.3 is 0 Å². The minimum absolute atomic E-state index is 0.611. The predicted molar refractivity (Wildman–Crippen MR) is 121 cm³/mol. The Balaban J connectivity index is 0.000000159. The number of halogens is 1. The lowest BCUT2D eigenvalue weighted by atomic mass is 10.00. The molecule has 1 aliphatic rings. The molecular formula is C24H25ClNP. The number of benzene rings is 2. The molecular weight excluding hydrogens is 369 g/mol. The number of hydrogen-bond acceptors (Lipinski definition) is 1. The second kappa shape index (κ2) is 9.83. The molecule has 0 spiro atoms. The van der Waals surface area contributed by atoms with Crippen LogP contribution in [0.5, 0.6) is 0 Å². The zero-order valence-electron chi connectivity index (χ0n) is 15.9. The first-order valence-corrected chi connectivity index (χ1v) is 10.8. The third-order valence-corrected chi connectivity index (χ3v) is 5.62. The highest BCUT2D eigenvalue weighted by atomic mass is 35.5. The van der Waals surface area contributed by atoms with Crippen molar-refractivity contribution in [2.24, 2.45) is 4.99 Å². The first-order chi connectivity index (χ1) is 13.1. The molecule has 0 bridgehead atoms. The smallest absolute Gasteiger partial charge is 0.0496 e. The van der Waals surface area contributed by atoms with Gasteiger partial charge in [0.2, 0.25) is 0 Å². The standard InChI is InChI=1S/C14H15P.C10H10ClN/c1-11(2)12-3-5-13(6-4-12)14-7-9-15-10-8-14;11-9-5-2-1-4-8(9)10-6-3-7-12-10/h3-11H,1-2H3;1-2,4-5H,3,6-7H2. The summed E-state index contributed by atoms with van der Waals surface area (Å²) in [5.74, 6) is 4.96. The van der Waals surface area contributed by atoms with E-state index in [1.807, 2.05) is 24.3 Å². The van der Waals surface area contributed by atoms with Crippen molar-refractivity contribution in [1.82, 2.24) is 0 Å². The van der Waals surface area contributed by atoms with Gasteiger partial charge in [0, 0.05) is 22.8 Å². The van der Waals surface area contributed by atoms with E-state index in [2.05, 4.69) is 66.8 Å². The monoisotopic (exact) mass is 393 g/mol. The van der Waals surface area contributed by atoms with Crippen LogP contribution in [0.15, 0.2) is 77.3 Å². The highest BCUT2D eigenvalue weighted by Crippen LogP contribution is 2.24. The zero-order valence-corrected chi connectivity index (χ0v) is 17.5. The Morgan fingerprint density at radius 3 is 2.15 bits per heavy atom. The van der Waals surface area contributed by atoms with E-state index in [9.17, 15) is 0 Å². The van der Waals surface area contributed by atoms with Crippen molar-refractivity contribution in [3.63, 3.8) is 0 Å². The zero-order chi connectivity index (χ0) is 19.1. The quantitative estimate of drug-likeness (QED) is 0.427. The van der Waals surface area contributed by atoms with E-state index in [4.69, 9.17) is 11.6 Å². The second-order valence-corrected chi connectivity index (χ2v) is 8.23. The lowest BCUT2D eigenvalue weighted by Gasteiger charge is -2.06. The molecule has 0 saturated carbocycles. The van der Waals surface area contributed by atoms with E-state index in [0.29, 0.717) is 5.92 Å². The van der Waals surface area contributed by atoms with Gasteiger partial charge in [0.15, 0.2) is 0 Å². The fourth-order valence-corrected chi connectivity index (χ4v) is 3.90. The maximum Gasteiger partial charge on any atom is 0.0496 e. The molecule has 3 aromatic rings. The Bertz CT molecular complexity index is 886. The Morgan fingerprint density at radius 2 is 1.56 bits per heavy atom. The molecule has 0 aliphatic carbocycles. The van der Waals surface area contributed by atoms with Gasteiger partial charge in [-0.25, -0.2) is 0 Å². The molecule has 4 rings (SSSR count). The lowest BCUT2D eigenvalue weighted by Crippen LogP contribution is -1.96. The summed E-state index contributed by atoms with van der Waals surface area (Å²) < 4.78 is 0. The van der Waals surface area contributed by atoms with Crippen LogP contribution in [-0.2, 0) is 0 Å². The summed E-state index contributed by atoms with van der Waals surface area (Å²) in [6.07, 6.45) is 2.24. The number of aliphatic imine (C=N–C) groups is 1. The van der Waals surface area contributed by atoms with Crippen LogP contribution in [0, 0.1) is 0 Å². The molecule has 27 heavy (non-hydrogen) atoms. The Labute approximate surface area is 169 Å². The molecule has 1 nitrogen and oxygen atoms in total. The highest BCUT2D eigenvalue weighted by molar-refractivity contribution is 7.28. The van der Waals surface area contributed by atoms with E-state index in [1.54, 1.807) is 0 Å². The van der Waals surface area contributed by atoms with Crippen molar-refractivity contribution in [1.29, 1.82) is 0 Å². The van der Waals surface area contributed by atoms with Gasteiger partial charge in [0.1, 0.15) is 0 Å². The van der Waals surface area contributed by atoms with Gasteiger partial charge >= 0.3 is 0 Å². The normalized spacial score (nSPS) is 13.1. The highest BCUT2D eigenvalue weighted by Gasteiger charge is 2.10. The van der Waals surface area contributed by atoms with Crippen LogP contribution in [0.3, 0.4) is 0 Å². The molecule has 0 N–H and O–H groups in total. The molecule has 0 radical (unpaired) electrons. The van der Waals surface area contributed by atoms with E-state index < -0.39 is 0 Å². The third kappa shape index (κ3) is 5.51. The average molecular weight is 394 g/mol. The molecule has 0 fully saturated rings. The minimum atomic E-state index is 0.611. The number of rotatable bonds is 3. The predicted octanol–water partition coefficient (Wildman–Crippen LogP) is 7.98. The molecule has 3 heteroatoms. The van der Waals surface area contributed by atoms with Gasteiger partial charge in [0.05, 0.1) is 0 Å². The molecule has 0 amide bonds. The van der Waals surface area contributed by atoms with E-state index in [1.165, 1.54) is 37.0 Å². The molecule has 0 unspecified atom stereocenters. The summed E-state index contributed by atoms with van der Waals surface area (Å²) in [5.41, 5.74) is 6.30. The van der Waals surface area contributed by atoms with Crippen LogP contribution >= 0.6 is 19.8 Å². The Hall–Kier alpha value is -1.95. The maximum absolute atomic E-state index is 6.02. The Morgan fingerprint density at radius 1 is 0.889 bits per heavy atom. The topological polar surface area (TPSA) is 12.4 Å². The summed E-state index contributed by atoms with van der Waals surface area (Å²) >= 11 is 6.02. The van der Waals surface area contributed by atoms with Crippen LogP contribution in [0.2, 0.25) is 5.02 Å². The Kier molecular flexibility index (Phi) is 7.21. The summed E-state index contributed by atoms with van der Waals surface area (Å²) in [7, 11) is 1.28.